The predicted molar refractivity (Wildman–Crippen MR) is 101 cm³/mol. The van der Waals surface area contributed by atoms with Gasteiger partial charge < -0.3 is 5.73 Å². The van der Waals surface area contributed by atoms with Crippen LogP contribution in [0.5, 0.6) is 0 Å². The summed E-state index contributed by atoms with van der Waals surface area (Å²) in [4.78, 5) is 1.72. The minimum absolute atomic E-state index is 0.0656. The maximum absolute atomic E-state index is 11.8. The number of guanidine groups is 1. The molecule has 1 unspecified atom stereocenters. The summed E-state index contributed by atoms with van der Waals surface area (Å²) in [5, 5.41) is 8.67. The van der Waals surface area contributed by atoms with Crippen molar-refractivity contribution in [2.24, 2.45) is 5.73 Å². The Morgan fingerprint density at radius 3 is 2.57 bits per heavy atom. The summed E-state index contributed by atoms with van der Waals surface area (Å²) >= 11 is 7.99. The molecule has 122 valence electrons. The molecule has 23 heavy (non-hydrogen) atoms. The fourth-order valence-corrected chi connectivity index (χ4v) is 3.59. The Bertz CT molecular complexity index is 782. The maximum atomic E-state index is 11.8. The first-order valence-corrected chi connectivity index (χ1v) is 9.96. The lowest BCUT2D eigenvalue weighted by Crippen LogP contribution is -2.50. The molecule has 0 aliphatic heterocycles. The molecule has 0 saturated carbocycles. The van der Waals surface area contributed by atoms with E-state index in [4.69, 9.17) is 22.7 Å². The summed E-state index contributed by atoms with van der Waals surface area (Å²) in [6.45, 7) is 0. The molecule has 0 saturated heterocycles. The minimum atomic E-state index is -1.11. The lowest BCUT2D eigenvalue weighted by molar-refractivity contribution is 0.650. The third kappa shape index (κ3) is 3.45. The van der Waals surface area contributed by atoms with E-state index in [0.29, 0.717) is 15.6 Å². The summed E-state index contributed by atoms with van der Waals surface area (Å²) in [6.07, 6.45) is 3.60. The molecule has 0 aliphatic rings. The van der Waals surface area contributed by atoms with Crippen molar-refractivity contribution in [2.75, 3.05) is 19.6 Å². The SMILES string of the molecule is CSc1ccc(Cl)c([N+](C)(C(=N)N)c2cccc([S@@](C)=O)c2)c1. The van der Waals surface area contributed by atoms with E-state index in [-0.39, 0.29) is 10.4 Å². The van der Waals surface area contributed by atoms with Crippen LogP contribution in [0, 0.1) is 5.41 Å². The topological polar surface area (TPSA) is 66.9 Å². The molecule has 0 fully saturated rings. The van der Waals surface area contributed by atoms with E-state index in [2.05, 4.69) is 0 Å². The number of rotatable bonds is 4. The average Bonchev–Trinajstić information content (AvgIpc) is 2.54. The van der Waals surface area contributed by atoms with Gasteiger partial charge in [-0.1, -0.05) is 17.7 Å². The molecule has 0 heterocycles. The van der Waals surface area contributed by atoms with Gasteiger partial charge in [0.05, 0.1) is 7.05 Å². The first-order valence-electron chi connectivity index (χ1n) is 6.80. The van der Waals surface area contributed by atoms with Gasteiger partial charge in [-0.2, -0.15) is 4.48 Å². The quantitative estimate of drug-likeness (QED) is 0.371. The number of hydrogen-bond acceptors (Lipinski definition) is 3. The van der Waals surface area contributed by atoms with Crippen LogP contribution in [0.3, 0.4) is 0 Å². The molecule has 0 aliphatic carbocycles. The lowest BCUT2D eigenvalue weighted by atomic mass is 10.2. The zero-order valence-electron chi connectivity index (χ0n) is 13.2. The molecule has 2 aromatic rings. The van der Waals surface area contributed by atoms with Gasteiger partial charge in [-0.15, -0.1) is 11.8 Å². The highest BCUT2D eigenvalue weighted by molar-refractivity contribution is 7.98. The Labute approximate surface area is 148 Å². The summed E-state index contributed by atoms with van der Waals surface area (Å²) in [6, 6.07) is 13.0. The van der Waals surface area contributed by atoms with Crippen LogP contribution in [0.4, 0.5) is 11.4 Å². The molecule has 2 aromatic carbocycles. The maximum Gasteiger partial charge on any atom is 0.302 e. The number of thioether (sulfide) groups is 1. The smallest absolute Gasteiger partial charge is 0.302 e. The molecule has 2 rings (SSSR count). The Hall–Kier alpha value is -1.34. The first kappa shape index (κ1) is 18.0. The van der Waals surface area contributed by atoms with Crippen LogP contribution < -0.4 is 10.2 Å². The molecule has 0 radical (unpaired) electrons. The highest BCUT2D eigenvalue weighted by atomic mass is 35.5. The molecule has 4 nitrogen and oxygen atoms in total. The van der Waals surface area contributed by atoms with Crippen LogP contribution in [0.15, 0.2) is 52.3 Å². The lowest BCUT2D eigenvalue weighted by Gasteiger charge is -2.31. The largest absolute Gasteiger partial charge is 0.337 e. The Morgan fingerprint density at radius 1 is 1.30 bits per heavy atom. The van der Waals surface area contributed by atoms with Gasteiger partial charge in [0.2, 0.25) is 0 Å². The van der Waals surface area contributed by atoms with E-state index in [9.17, 15) is 4.21 Å². The van der Waals surface area contributed by atoms with Gasteiger partial charge in [-0.3, -0.25) is 4.21 Å². The second kappa shape index (κ2) is 7.05. The van der Waals surface area contributed by atoms with Gasteiger partial charge in [0.15, 0.2) is 5.69 Å². The zero-order valence-corrected chi connectivity index (χ0v) is 15.6. The standard InChI is InChI=1S/C16H19ClN3OS2/c1-20(16(18)19,11-5-4-6-13(9-11)23(3)21)15-10-12(22-2)7-8-14(15)17/h4-10H,1-3H3,(H3,18,19)/q+1/t20?,23-/m1/s1. The van der Waals surface area contributed by atoms with Crippen molar-refractivity contribution in [1.82, 2.24) is 4.48 Å². The number of hydrogen-bond donors (Lipinski definition) is 2. The highest BCUT2D eigenvalue weighted by Gasteiger charge is 2.35. The molecule has 0 bridgehead atoms. The highest BCUT2D eigenvalue weighted by Crippen LogP contribution is 2.40. The molecule has 7 heteroatoms. The van der Waals surface area contributed by atoms with Gasteiger partial charge in [0, 0.05) is 45.0 Å². The molecule has 3 N–H and O–H groups in total. The fourth-order valence-electron chi connectivity index (χ4n) is 2.31. The number of halogens is 1. The number of benzene rings is 2. The van der Waals surface area contributed by atoms with Crippen molar-refractivity contribution in [1.29, 1.82) is 5.41 Å². The normalized spacial score (nSPS) is 15.0. The van der Waals surface area contributed by atoms with Crippen molar-refractivity contribution < 1.29 is 4.21 Å². The molecular weight excluding hydrogens is 350 g/mol. The number of nitrogens with one attached hydrogen (secondary N) is 1. The Kier molecular flexibility index (Phi) is 5.52. The minimum Gasteiger partial charge on any atom is -0.337 e. The van der Waals surface area contributed by atoms with Gasteiger partial charge in [0.25, 0.3) is 0 Å². The van der Waals surface area contributed by atoms with Crippen molar-refractivity contribution in [3.8, 4) is 0 Å². The summed E-state index contributed by atoms with van der Waals surface area (Å²) < 4.78 is 11.7. The van der Waals surface area contributed by atoms with Crippen LogP contribution in [0.25, 0.3) is 0 Å². The van der Waals surface area contributed by atoms with Gasteiger partial charge in [-0.25, -0.2) is 5.41 Å². The van der Waals surface area contributed by atoms with Gasteiger partial charge in [0.1, 0.15) is 10.7 Å². The monoisotopic (exact) mass is 368 g/mol. The van der Waals surface area contributed by atoms with Crippen molar-refractivity contribution in [3.05, 3.63) is 47.5 Å². The van der Waals surface area contributed by atoms with Crippen molar-refractivity contribution >= 4 is 51.5 Å². The third-order valence-electron chi connectivity index (χ3n) is 3.78. The molecule has 0 aromatic heterocycles. The van der Waals surface area contributed by atoms with E-state index < -0.39 is 10.8 Å². The van der Waals surface area contributed by atoms with Crippen LogP contribution in [-0.2, 0) is 10.8 Å². The summed E-state index contributed by atoms with van der Waals surface area (Å²) in [7, 11) is 0.697. The van der Waals surface area contributed by atoms with E-state index in [1.54, 1.807) is 30.2 Å². The number of nitrogens with zero attached hydrogens (tertiary/aromatic N) is 1. The van der Waals surface area contributed by atoms with Crippen molar-refractivity contribution in [2.45, 2.75) is 9.79 Å². The zero-order chi connectivity index (χ0) is 17.2. The third-order valence-corrected chi connectivity index (χ3v) is 5.75. The predicted octanol–water partition coefficient (Wildman–Crippen LogP) is 3.96. The van der Waals surface area contributed by atoms with Crippen LogP contribution >= 0.6 is 23.4 Å². The van der Waals surface area contributed by atoms with E-state index in [1.807, 2.05) is 43.6 Å². The second-order valence-electron chi connectivity index (χ2n) is 5.16. The number of quaternary nitrogens is 1. The van der Waals surface area contributed by atoms with Gasteiger partial charge in [-0.05, 0) is 24.5 Å². The van der Waals surface area contributed by atoms with Crippen molar-refractivity contribution in [3.63, 3.8) is 0 Å². The van der Waals surface area contributed by atoms with Crippen LogP contribution in [0.1, 0.15) is 0 Å². The fraction of sp³-hybridized carbons (Fsp3) is 0.188. The average molecular weight is 369 g/mol. The molecule has 0 amide bonds. The summed E-state index contributed by atoms with van der Waals surface area (Å²) in [5.74, 6) is -0.0656. The molecule has 0 spiro atoms. The second-order valence-corrected chi connectivity index (χ2v) is 7.83. The van der Waals surface area contributed by atoms with Gasteiger partial charge >= 0.3 is 5.96 Å². The van der Waals surface area contributed by atoms with E-state index >= 15 is 0 Å². The summed E-state index contributed by atoms with van der Waals surface area (Å²) in [5.41, 5.74) is 7.39. The molecular formula is C16H19ClN3OS2+. The van der Waals surface area contributed by atoms with Crippen LogP contribution in [-0.4, -0.2) is 29.7 Å². The number of nitrogens with two attached hydrogens (primary N) is 1. The first-order chi connectivity index (χ1) is 10.8. The Balaban J connectivity index is 2.72. The Morgan fingerprint density at radius 2 is 2.00 bits per heavy atom. The van der Waals surface area contributed by atoms with E-state index in [1.165, 1.54) is 0 Å². The molecule has 2 atom stereocenters. The van der Waals surface area contributed by atoms with Crippen LogP contribution in [0.2, 0.25) is 5.02 Å². The van der Waals surface area contributed by atoms with E-state index in [0.717, 1.165) is 10.6 Å².